The second-order valence-electron chi connectivity index (χ2n) is 9.46. The van der Waals surface area contributed by atoms with Crippen molar-refractivity contribution in [3.05, 3.63) is 48.2 Å². The Hall–Kier alpha value is -3.19. The van der Waals surface area contributed by atoms with Crippen molar-refractivity contribution in [2.24, 2.45) is 0 Å². The number of aromatic hydroxyl groups is 1. The Morgan fingerprint density at radius 2 is 1.85 bits per heavy atom. The summed E-state index contributed by atoms with van der Waals surface area (Å²) >= 11 is 0. The fourth-order valence-electron chi connectivity index (χ4n) is 5.79. The molecule has 3 aromatic rings. The van der Waals surface area contributed by atoms with E-state index in [-0.39, 0.29) is 5.75 Å². The summed E-state index contributed by atoms with van der Waals surface area (Å²) < 4.78 is 5.22. The lowest BCUT2D eigenvalue weighted by Gasteiger charge is -2.41. The van der Waals surface area contributed by atoms with Crippen LogP contribution >= 0.6 is 0 Å². The number of hydrogen-bond donors (Lipinski definition) is 2. The molecule has 2 aromatic heterocycles. The van der Waals surface area contributed by atoms with E-state index in [4.69, 9.17) is 4.74 Å². The Morgan fingerprint density at radius 1 is 1.03 bits per heavy atom. The van der Waals surface area contributed by atoms with E-state index in [0.29, 0.717) is 29.6 Å². The molecule has 170 valence electrons. The number of anilines is 1. The van der Waals surface area contributed by atoms with Gasteiger partial charge >= 0.3 is 0 Å². The Kier molecular flexibility index (Phi) is 5.14. The number of ether oxygens (including phenoxy) is 1. The molecule has 2 bridgehead atoms. The first-order valence-electron chi connectivity index (χ1n) is 11.9. The minimum atomic E-state index is 0.195. The number of phenolic OH excluding ortho intramolecular Hbond substituents is 1. The second kappa shape index (κ2) is 8.30. The van der Waals surface area contributed by atoms with E-state index in [0.717, 1.165) is 42.0 Å². The number of nitrogens with one attached hydrogen (secondary N) is 1. The molecule has 3 atom stereocenters. The van der Waals surface area contributed by atoms with Gasteiger partial charge in [-0.1, -0.05) is 6.07 Å². The number of phenols is 1. The van der Waals surface area contributed by atoms with Gasteiger partial charge in [0.1, 0.15) is 5.75 Å². The van der Waals surface area contributed by atoms with Gasteiger partial charge in [-0.2, -0.15) is 0 Å². The van der Waals surface area contributed by atoms with Crippen molar-refractivity contribution in [1.29, 1.82) is 0 Å². The highest BCUT2D eigenvalue weighted by molar-refractivity contribution is 5.75. The van der Waals surface area contributed by atoms with Gasteiger partial charge in [-0.3, -0.25) is 0 Å². The number of pyridine rings is 1. The highest BCUT2D eigenvalue weighted by atomic mass is 16.5. The molecule has 0 unspecified atom stereocenters. The van der Waals surface area contributed by atoms with E-state index in [2.05, 4.69) is 31.5 Å². The topological polar surface area (TPSA) is 83.4 Å². The summed E-state index contributed by atoms with van der Waals surface area (Å²) in [5.74, 6) is 1.78. The highest BCUT2D eigenvalue weighted by Gasteiger charge is 2.37. The van der Waals surface area contributed by atoms with E-state index in [1.54, 1.807) is 19.4 Å². The zero-order valence-electron chi connectivity index (χ0n) is 18.9. The van der Waals surface area contributed by atoms with E-state index in [1.165, 1.54) is 31.2 Å². The van der Waals surface area contributed by atoms with Gasteiger partial charge in [0.15, 0.2) is 5.82 Å². The molecule has 2 fully saturated rings. The predicted octanol–water partition coefficient (Wildman–Crippen LogP) is 3.96. The number of nitrogens with zero attached hydrogens (tertiary/aromatic N) is 4. The van der Waals surface area contributed by atoms with Crippen molar-refractivity contribution in [2.45, 2.75) is 56.7 Å². The molecule has 5 heterocycles. The number of hydrogen-bond acceptors (Lipinski definition) is 7. The molecule has 3 aliphatic rings. The van der Waals surface area contributed by atoms with Crippen LogP contribution in [0, 0.1) is 0 Å². The lowest BCUT2D eigenvalue weighted by Crippen LogP contribution is -2.50. The van der Waals surface area contributed by atoms with Gasteiger partial charge < -0.3 is 20.1 Å². The van der Waals surface area contributed by atoms with Gasteiger partial charge in [0.2, 0.25) is 5.88 Å². The average Bonchev–Trinajstić information content (AvgIpc) is 3.20. The monoisotopic (exact) mass is 443 g/mol. The average molecular weight is 444 g/mol. The highest BCUT2D eigenvalue weighted by Crippen LogP contribution is 2.38. The maximum absolute atomic E-state index is 10.8. The van der Waals surface area contributed by atoms with Gasteiger partial charge in [0, 0.05) is 42.5 Å². The van der Waals surface area contributed by atoms with Crippen LogP contribution in [0.4, 0.5) is 5.82 Å². The molecule has 7 nitrogen and oxygen atoms in total. The van der Waals surface area contributed by atoms with Crippen molar-refractivity contribution in [3.63, 3.8) is 0 Å². The van der Waals surface area contributed by atoms with E-state index < -0.39 is 0 Å². The number of methoxy groups -OCH3 is 1. The summed E-state index contributed by atoms with van der Waals surface area (Å²) in [5.41, 5.74) is 4.49. The fourth-order valence-corrected chi connectivity index (χ4v) is 5.79. The molecule has 0 radical (unpaired) electrons. The largest absolute Gasteiger partial charge is 0.507 e. The van der Waals surface area contributed by atoms with Gasteiger partial charge in [-0.25, -0.2) is 4.98 Å². The molecule has 0 aliphatic carbocycles. The summed E-state index contributed by atoms with van der Waals surface area (Å²) in [7, 11) is 1.60. The molecule has 6 rings (SSSR count). The van der Waals surface area contributed by atoms with Gasteiger partial charge in [-0.15, -0.1) is 10.2 Å². The first-order valence-corrected chi connectivity index (χ1v) is 11.9. The summed E-state index contributed by atoms with van der Waals surface area (Å²) in [6.45, 7) is 1.06. The van der Waals surface area contributed by atoms with Crippen molar-refractivity contribution in [3.8, 4) is 34.0 Å². The van der Waals surface area contributed by atoms with E-state index in [1.807, 2.05) is 24.3 Å². The molecular formula is C26H29N5O2. The zero-order valence-corrected chi connectivity index (χ0v) is 18.9. The van der Waals surface area contributed by atoms with E-state index >= 15 is 0 Å². The summed E-state index contributed by atoms with van der Waals surface area (Å²) in [4.78, 5) is 6.65. The minimum Gasteiger partial charge on any atom is -0.507 e. The Morgan fingerprint density at radius 3 is 2.64 bits per heavy atom. The van der Waals surface area contributed by atoms with Crippen LogP contribution < -0.4 is 15.0 Å². The smallest absolute Gasteiger partial charge is 0.213 e. The molecule has 0 amide bonds. The van der Waals surface area contributed by atoms with Crippen molar-refractivity contribution in [1.82, 2.24) is 20.5 Å². The van der Waals surface area contributed by atoms with Gasteiger partial charge in [0.25, 0.3) is 0 Å². The molecule has 1 aromatic carbocycles. The third-order valence-electron chi connectivity index (χ3n) is 7.41. The van der Waals surface area contributed by atoms with Crippen molar-refractivity contribution < 1.29 is 9.84 Å². The molecule has 2 N–H and O–H groups in total. The lowest BCUT2D eigenvalue weighted by atomic mass is 9.94. The molecule has 33 heavy (non-hydrogen) atoms. The van der Waals surface area contributed by atoms with Crippen molar-refractivity contribution >= 4 is 5.82 Å². The summed E-state index contributed by atoms with van der Waals surface area (Å²) in [5, 5.41) is 23.8. The molecule has 2 saturated heterocycles. The number of benzene rings is 1. The first kappa shape index (κ1) is 20.4. The maximum atomic E-state index is 10.8. The van der Waals surface area contributed by atoms with Crippen LogP contribution in [0.15, 0.2) is 42.6 Å². The number of fused-ring (bicyclic) bond motifs is 3. The maximum Gasteiger partial charge on any atom is 0.213 e. The third-order valence-corrected chi connectivity index (χ3v) is 7.41. The van der Waals surface area contributed by atoms with Crippen LogP contribution in [-0.2, 0) is 6.42 Å². The van der Waals surface area contributed by atoms with Crippen LogP contribution in [-0.4, -0.2) is 52.1 Å². The third kappa shape index (κ3) is 3.80. The molecule has 3 aliphatic heterocycles. The standard InChI is InChI=1S/C26H29N5O2/c1-33-25-13-17(8-9-27-25)16-4-7-22(24(32)12-16)23-11-18-3-2-10-31(26(18)30-29-23)21-14-19-5-6-20(15-21)28-19/h4,7-9,11-13,19-21,28,32H,2-3,5-6,10,14-15H2,1H3/t19-,20+,21-. The Balaban J connectivity index is 1.28. The SMILES string of the molecule is COc1cc(-c2ccc(-c3cc4c(nn3)N([C@@H]3C[C@H]5CC[C@@H](C3)N5)CCC4)c(O)c2)ccn1. The Bertz CT molecular complexity index is 1170. The molecular weight excluding hydrogens is 414 g/mol. The van der Waals surface area contributed by atoms with Crippen molar-refractivity contribution in [2.75, 3.05) is 18.6 Å². The predicted molar refractivity (Wildman–Crippen MR) is 128 cm³/mol. The van der Waals surface area contributed by atoms with Crippen LogP contribution in [0.2, 0.25) is 0 Å². The molecule has 7 heteroatoms. The minimum absolute atomic E-state index is 0.195. The number of rotatable bonds is 4. The Labute approximate surface area is 193 Å². The van der Waals surface area contributed by atoms with Crippen LogP contribution in [0.25, 0.3) is 22.4 Å². The number of aromatic nitrogens is 3. The molecule has 0 spiro atoms. The van der Waals surface area contributed by atoms with Crippen LogP contribution in [0.5, 0.6) is 11.6 Å². The second-order valence-corrected chi connectivity index (χ2v) is 9.46. The molecule has 0 saturated carbocycles. The first-order chi connectivity index (χ1) is 16.2. The number of aryl methyl sites for hydroxylation is 1. The van der Waals surface area contributed by atoms with Crippen LogP contribution in [0.3, 0.4) is 0 Å². The van der Waals surface area contributed by atoms with Gasteiger partial charge in [0.05, 0.1) is 12.8 Å². The van der Waals surface area contributed by atoms with E-state index in [9.17, 15) is 5.11 Å². The normalized spacial score (nSPS) is 23.9. The summed E-state index contributed by atoms with van der Waals surface area (Å²) in [6.07, 6.45) is 8.83. The number of piperidine rings is 1. The van der Waals surface area contributed by atoms with Gasteiger partial charge in [-0.05, 0) is 79.5 Å². The zero-order chi connectivity index (χ0) is 22.4. The lowest BCUT2D eigenvalue weighted by molar-refractivity contribution is 0.341. The fraction of sp³-hybridized carbons (Fsp3) is 0.423. The summed E-state index contributed by atoms with van der Waals surface area (Å²) in [6, 6.07) is 13.4. The quantitative estimate of drug-likeness (QED) is 0.632. The van der Waals surface area contributed by atoms with Crippen LogP contribution in [0.1, 0.15) is 37.7 Å².